The van der Waals surface area contributed by atoms with Gasteiger partial charge < -0.3 is 36.4 Å². The highest BCUT2D eigenvalue weighted by Crippen LogP contribution is 2.44. The van der Waals surface area contributed by atoms with Crippen LogP contribution >= 0.6 is 0 Å². The topological polar surface area (TPSA) is 205 Å². The van der Waals surface area contributed by atoms with Crippen LogP contribution in [-0.4, -0.2) is 83.3 Å². The number of aliphatic hydroxyl groups is 1. The molecular formula is C57H79FN6O8. The number of unbranched alkanes of at least 4 members (excludes halogenated alkanes) is 4. The smallest absolute Gasteiger partial charge is 0.243 e. The van der Waals surface area contributed by atoms with Gasteiger partial charge in [0.05, 0.1) is 36.9 Å². The molecule has 2 aromatic carbocycles. The number of hydrogen-bond acceptors (Lipinski definition) is 9. The number of rotatable bonds is 24. The van der Waals surface area contributed by atoms with E-state index in [1.165, 1.54) is 25.8 Å². The molecule has 0 saturated carbocycles. The Kier molecular flexibility index (Phi) is 22.8. The van der Waals surface area contributed by atoms with Crippen LogP contribution in [0.1, 0.15) is 159 Å². The van der Waals surface area contributed by atoms with Crippen molar-refractivity contribution < 1.29 is 43.0 Å². The van der Waals surface area contributed by atoms with Gasteiger partial charge in [-0.2, -0.15) is 0 Å². The van der Waals surface area contributed by atoms with E-state index in [4.69, 9.17) is 9.72 Å². The van der Waals surface area contributed by atoms with Crippen LogP contribution in [0, 0.1) is 18.7 Å². The highest BCUT2D eigenvalue weighted by atomic mass is 19.1. The van der Waals surface area contributed by atoms with E-state index in [1.54, 1.807) is 44.2 Å². The Labute approximate surface area is 425 Å². The number of amides is 5. The molecule has 1 aliphatic carbocycles. The summed E-state index contributed by atoms with van der Waals surface area (Å²) < 4.78 is 21.4. The quantitative estimate of drug-likeness (QED) is 0.0478. The number of nitrogens with zero attached hydrogens (tertiary/aromatic N) is 1. The molecule has 4 unspecified atom stereocenters. The van der Waals surface area contributed by atoms with Gasteiger partial charge in [-0.25, -0.2) is 9.37 Å². The van der Waals surface area contributed by atoms with Gasteiger partial charge in [0.1, 0.15) is 29.8 Å². The van der Waals surface area contributed by atoms with E-state index in [1.807, 2.05) is 13.0 Å². The van der Waals surface area contributed by atoms with E-state index in [-0.39, 0.29) is 49.4 Å². The van der Waals surface area contributed by atoms with E-state index >= 15 is 4.39 Å². The van der Waals surface area contributed by atoms with Gasteiger partial charge in [0.15, 0.2) is 5.78 Å². The normalized spacial score (nSPS) is 17.2. The van der Waals surface area contributed by atoms with Crippen molar-refractivity contribution >= 4 is 51.8 Å². The lowest BCUT2D eigenvalue weighted by molar-refractivity contribution is -0.131. The number of benzene rings is 2. The van der Waals surface area contributed by atoms with Crippen molar-refractivity contribution in [3.63, 3.8) is 0 Å². The largest absolute Gasteiger partial charge is 0.490 e. The minimum atomic E-state index is -1.65. The van der Waals surface area contributed by atoms with Crippen molar-refractivity contribution in [3.05, 3.63) is 105 Å². The van der Waals surface area contributed by atoms with Crippen LogP contribution in [-0.2, 0) is 52.8 Å². The number of Topliss-reactive ketones (excluding diaryl/α,β-unsaturated/α-hetero) is 1. The van der Waals surface area contributed by atoms with Crippen LogP contribution in [0.3, 0.4) is 0 Å². The number of carbonyl (C=O) groups is 6. The predicted molar refractivity (Wildman–Crippen MR) is 281 cm³/mol. The molecule has 4 atom stereocenters. The Morgan fingerprint density at radius 1 is 0.889 bits per heavy atom. The molecule has 2 aliphatic rings. The van der Waals surface area contributed by atoms with Crippen molar-refractivity contribution in [3.8, 4) is 0 Å². The molecule has 14 nitrogen and oxygen atoms in total. The number of halogens is 1. The van der Waals surface area contributed by atoms with Crippen LogP contribution < -0.4 is 26.6 Å². The highest BCUT2D eigenvalue weighted by Gasteiger charge is 2.41. The maximum atomic E-state index is 15.7. The Morgan fingerprint density at radius 2 is 1.56 bits per heavy atom. The summed E-state index contributed by atoms with van der Waals surface area (Å²) in [6.07, 6.45) is 11.0. The van der Waals surface area contributed by atoms with Gasteiger partial charge in [0.25, 0.3) is 0 Å². The van der Waals surface area contributed by atoms with Crippen molar-refractivity contribution in [1.29, 1.82) is 0 Å². The van der Waals surface area contributed by atoms with Gasteiger partial charge >= 0.3 is 0 Å². The molecule has 1 aromatic heterocycles. The lowest BCUT2D eigenvalue weighted by Gasteiger charge is -2.36. The average Bonchev–Trinajstić information content (AvgIpc) is 3.36. The van der Waals surface area contributed by atoms with E-state index in [2.05, 4.69) is 67.8 Å². The second-order valence-corrected chi connectivity index (χ2v) is 19.2. The lowest BCUT2D eigenvalue weighted by atomic mass is 9.78. The monoisotopic (exact) mass is 995 g/mol. The molecule has 0 radical (unpaired) electrons. The van der Waals surface area contributed by atoms with Gasteiger partial charge in [0.2, 0.25) is 29.5 Å². The number of aromatic nitrogens is 1. The first-order chi connectivity index (χ1) is 34.3. The van der Waals surface area contributed by atoms with Crippen LogP contribution in [0.25, 0.3) is 16.5 Å². The maximum Gasteiger partial charge on any atom is 0.243 e. The molecule has 5 rings (SSSR count). The SMILES string of the molecule is C=C1OCC(C(C)=O)=C(/C=C(\C)c2nc3cc(F)c(C)c4c3c(c2CC(C)CC)C(NC(=O)CNC(=O)C(Cc2ccccc2)NC(=O)CNC(=O)CNC(=O)CCCCCC)CC4)C1(O)CC.CCCC. The first-order valence-corrected chi connectivity index (χ1v) is 25.9. The molecule has 392 valence electrons. The molecule has 0 fully saturated rings. The molecule has 72 heavy (non-hydrogen) atoms. The molecule has 5 amide bonds. The number of carbonyl (C=O) groups excluding carboxylic acids is 6. The van der Waals surface area contributed by atoms with Crippen molar-refractivity contribution in [1.82, 2.24) is 31.6 Å². The summed E-state index contributed by atoms with van der Waals surface area (Å²) in [7, 11) is 0. The molecule has 3 aromatic rings. The second kappa shape index (κ2) is 28.1. The Morgan fingerprint density at radius 3 is 2.19 bits per heavy atom. The van der Waals surface area contributed by atoms with Crippen LogP contribution in [0.5, 0.6) is 0 Å². The summed E-state index contributed by atoms with van der Waals surface area (Å²) in [5.41, 5.74) is 4.30. The Hall–Kier alpha value is -6.22. The van der Waals surface area contributed by atoms with Crippen LogP contribution in [0.15, 0.2) is 66.0 Å². The Bertz CT molecular complexity index is 2500. The van der Waals surface area contributed by atoms with E-state index in [9.17, 15) is 33.9 Å². The third kappa shape index (κ3) is 15.6. The first kappa shape index (κ1) is 58.4. The number of nitrogens with one attached hydrogen (secondary N) is 5. The van der Waals surface area contributed by atoms with Gasteiger partial charge in [-0.1, -0.05) is 123 Å². The number of allylic oxidation sites excluding steroid dienone is 1. The number of ketones is 1. The van der Waals surface area contributed by atoms with Gasteiger partial charge in [-0.3, -0.25) is 28.8 Å². The maximum absolute atomic E-state index is 15.7. The minimum absolute atomic E-state index is 0.0524. The average molecular weight is 995 g/mol. The molecular weight excluding hydrogens is 916 g/mol. The van der Waals surface area contributed by atoms with Gasteiger partial charge in [0, 0.05) is 35.4 Å². The van der Waals surface area contributed by atoms with Crippen LogP contribution in [0.2, 0.25) is 0 Å². The summed E-state index contributed by atoms with van der Waals surface area (Å²) >= 11 is 0. The second-order valence-electron chi connectivity index (χ2n) is 19.2. The zero-order chi connectivity index (χ0) is 53.1. The molecule has 0 spiro atoms. The molecule has 6 N–H and O–H groups in total. The fourth-order valence-corrected chi connectivity index (χ4v) is 8.93. The van der Waals surface area contributed by atoms with E-state index < -0.39 is 60.2 Å². The molecule has 1 aliphatic heterocycles. The van der Waals surface area contributed by atoms with Gasteiger partial charge in [-0.05, 0) is 92.2 Å². The predicted octanol–water partition coefficient (Wildman–Crippen LogP) is 8.20. The number of hydrogen-bond donors (Lipinski definition) is 6. The number of pyridine rings is 1. The zero-order valence-corrected chi connectivity index (χ0v) is 44.1. The number of aryl methyl sites for hydroxylation is 1. The molecule has 0 bridgehead atoms. The fourth-order valence-electron chi connectivity index (χ4n) is 8.93. The summed E-state index contributed by atoms with van der Waals surface area (Å²) in [5.74, 6) is -2.92. The minimum Gasteiger partial charge on any atom is -0.490 e. The third-order valence-electron chi connectivity index (χ3n) is 13.7. The molecule has 15 heteroatoms. The molecule has 0 saturated heterocycles. The summed E-state index contributed by atoms with van der Waals surface area (Å²) in [4.78, 5) is 83.5. The number of ether oxygens (including phenoxy) is 1. The van der Waals surface area contributed by atoms with Gasteiger partial charge in [-0.15, -0.1) is 0 Å². The third-order valence-corrected chi connectivity index (χ3v) is 13.7. The molecule has 2 heterocycles. The summed E-state index contributed by atoms with van der Waals surface area (Å²) in [6.45, 7) is 20.2. The zero-order valence-electron chi connectivity index (χ0n) is 44.1. The van der Waals surface area contributed by atoms with E-state index in [0.717, 1.165) is 59.7 Å². The van der Waals surface area contributed by atoms with Crippen molar-refractivity contribution in [2.75, 3.05) is 26.2 Å². The standard InChI is InChI=1S/C53H69FN6O8.C4H10/c1-9-12-13-17-20-45(62)55-27-46(63)56-28-47(64)59-44(25-36-18-15-14-16-19-36)52(66)57-29-48(65)58-42-22-21-37-33(6)41(54)26-43-49(37)50(42)38(23-31(4)10-2)51(60-43)32(5)24-40-39(34(7)61)30-68-35(8)53(40,67)11-3;1-3-4-2/h14-16,18-19,24,26,31,42,44,67H,8-13,17,20-23,25,27-30H2,1-7H3,(H,55,62)(H,56,63)(H,57,66)(H,58,65)(H,59,64);3-4H2,1-2H3/b32-24+;. The van der Waals surface area contributed by atoms with E-state index in [0.29, 0.717) is 59.2 Å². The Balaban J connectivity index is 0.00000271. The summed E-state index contributed by atoms with van der Waals surface area (Å²) in [6, 6.07) is 8.79. The highest BCUT2D eigenvalue weighted by molar-refractivity contribution is 5.97. The van der Waals surface area contributed by atoms with Crippen molar-refractivity contribution in [2.24, 2.45) is 5.92 Å². The lowest BCUT2D eigenvalue weighted by Crippen LogP contribution is -2.52. The van der Waals surface area contributed by atoms with Crippen molar-refractivity contribution in [2.45, 2.75) is 163 Å². The first-order valence-electron chi connectivity index (χ1n) is 25.9. The summed E-state index contributed by atoms with van der Waals surface area (Å²) in [5, 5.41) is 26.2. The van der Waals surface area contributed by atoms with Crippen LogP contribution in [0.4, 0.5) is 4.39 Å². The fraction of sp³-hybridized carbons (Fsp3) is 0.526.